The second-order valence-corrected chi connectivity index (χ2v) is 4.53. The van der Waals surface area contributed by atoms with Crippen LogP contribution in [-0.4, -0.2) is 22.1 Å². The summed E-state index contributed by atoms with van der Waals surface area (Å²) < 4.78 is 0. The fourth-order valence-corrected chi connectivity index (χ4v) is 1.57. The lowest BCUT2D eigenvalue weighted by atomic mass is 10.0. The summed E-state index contributed by atoms with van der Waals surface area (Å²) in [5.41, 5.74) is 8.16. The van der Waals surface area contributed by atoms with Gasteiger partial charge in [0.05, 0.1) is 23.1 Å². The van der Waals surface area contributed by atoms with E-state index in [1.54, 1.807) is 0 Å². The summed E-state index contributed by atoms with van der Waals surface area (Å²) in [6.45, 7) is 7.79. The lowest BCUT2D eigenvalue weighted by molar-refractivity contribution is -0.117. The van der Waals surface area contributed by atoms with Gasteiger partial charge in [0.15, 0.2) is 0 Å². The van der Waals surface area contributed by atoms with Gasteiger partial charge in [0.2, 0.25) is 5.91 Å². The molecule has 106 valence electrons. The van der Waals surface area contributed by atoms with Crippen molar-refractivity contribution >= 4 is 36.4 Å². The third kappa shape index (κ3) is 5.25. The predicted octanol–water partition coefficient (Wildman–Crippen LogP) is 2.18. The highest BCUT2D eigenvalue weighted by molar-refractivity contribution is 5.95. The second-order valence-electron chi connectivity index (χ2n) is 4.53. The Bertz CT molecular complexity index is 360. The number of nitrogens with two attached hydrogens (primary N) is 1. The van der Waals surface area contributed by atoms with Crippen molar-refractivity contribution < 1.29 is 4.79 Å². The van der Waals surface area contributed by atoms with Crippen LogP contribution in [0.2, 0.25) is 0 Å². The van der Waals surface area contributed by atoms with E-state index in [0.29, 0.717) is 12.3 Å². The molecule has 0 aliphatic carbocycles. The summed E-state index contributed by atoms with van der Waals surface area (Å²) in [7, 11) is 0. The van der Waals surface area contributed by atoms with Gasteiger partial charge in [0, 0.05) is 0 Å². The predicted molar refractivity (Wildman–Crippen MR) is 78.6 cm³/mol. The van der Waals surface area contributed by atoms with E-state index in [-0.39, 0.29) is 30.7 Å². The maximum absolute atomic E-state index is 11.8. The maximum Gasteiger partial charge on any atom is 0.241 e. The van der Waals surface area contributed by atoms with Crippen LogP contribution in [0.5, 0.6) is 0 Å². The molecule has 1 unspecified atom stereocenters. The summed E-state index contributed by atoms with van der Waals surface area (Å²) in [5, 5.41) is 9.63. The first kappa shape index (κ1) is 19.6. The van der Waals surface area contributed by atoms with Crippen LogP contribution in [0.3, 0.4) is 0 Å². The van der Waals surface area contributed by atoms with Crippen molar-refractivity contribution in [3.63, 3.8) is 0 Å². The topological polar surface area (TPSA) is 83.8 Å². The molecule has 4 N–H and O–H groups in total. The van der Waals surface area contributed by atoms with Gasteiger partial charge >= 0.3 is 0 Å². The molecule has 0 fully saturated rings. The second kappa shape index (κ2) is 8.34. The maximum atomic E-state index is 11.8. The molecule has 1 rings (SSSR count). The Hall–Kier alpha value is -0.780. The lowest BCUT2D eigenvalue weighted by Crippen LogP contribution is -2.36. The number of nitrogens with one attached hydrogen (secondary N) is 2. The van der Waals surface area contributed by atoms with Crippen molar-refractivity contribution in [1.29, 1.82) is 0 Å². The van der Waals surface area contributed by atoms with E-state index in [2.05, 4.69) is 15.5 Å². The number of hydrogen-bond donors (Lipinski definition) is 3. The molecule has 0 aromatic carbocycles. The van der Waals surface area contributed by atoms with Crippen molar-refractivity contribution in [3.8, 4) is 0 Å². The summed E-state index contributed by atoms with van der Waals surface area (Å²) in [6.07, 6.45) is 0.682. The van der Waals surface area contributed by atoms with Crippen molar-refractivity contribution in [1.82, 2.24) is 10.2 Å². The van der Waals surface area contributed by atoms with Crippen molar-refractivity contribution in [3.05, 3.63) is 11.4 Å². The molecule has 1 amide bonds. The van der Waals surface area contributed by atoms with E-state index in [1.807, 2.05) is 27.7 Å². The average Bonchev–Trinajstić information content (AvgIpc) is 2.48. The Balaban J connectivity index is 0. The standard InChI is InChI=1S/C11H20N4O.2ClH/c1-6(2)5-9(12)11(16)13-10-7(3)14-15-8(10)4;;/h6,9H,5,12H2,1-4H3,(H,13,16)(H,14,15);2*1H. The van der Waals surface area contributed by atoms with Crippen LogP contribution >= 0.6 is 24.8 Å². The number of hydrogen-bond acceptors (Lipinski definition) is 3. The Morgan fingerprint density at radius 2 is 1.94 bits per heavy atom. The number of halogens is 2. The number of nitrogens with zero attached hydrogens (tertiary/aromatic N) is 1. The Morgan fingerprint density at radius 3 is 2.33 bits per heavy atom. The molecular weight excluding hydrogens is 275 g/mol. The number of H-pyrrole nitrogens is 1. The number of aryl methyl sites for hydroxylation is 2. The van der Waals surface area contributed by atoms with Gasteiger partial charge in [-0.25, -0.2) is 0 Å². The molecule has 1 aromatic heterocycles. The minimum Gasteiger partial charge on any atom is -0.322 e. The number of amides is 1. The largest absolute Gasteiger partial charge is 0.322 e. The van der Waals surface area contributed by atoms with Gasteiger partial charge in [0.25, 0.3) is 0 Å². The zero-order chi connectivity index (χ0) is 12.3. The number of carbonyl (C=O) groups is 1. The highest BCUT2D eigenvalue weighted by atomic mass is 35.5. The van der Waals surface area contributed by atoms with Gasteiger partial charge in [-0.05, 0) is 26.2 Å². The molecule has 0 bridgehead atoms. The quantitative estimate of drug-likeness (QED) is 0.796. The third-order valence-corrected chi connectivity index (χ3v) is 2.44. The fraction of sp³-hybridized carbons (Fsp3) is 0.636. The number of rotatable bonds is 4. The number of aromatic nitrogens is 2. The molecule has 18 heavy (non-hydrogen) atoms. The van der Waals surface area contributed by atoms with Crippen molar-refractivity contribution in [2.24, 2.45) is 11.7 Å². The number of carbonyl (C=O) groups excluding carboxylic acids is 1. The summed E-state index contributed by atoms with van der Waals surface area (Å²) in [6, 6.07) is -0.464. The van der Waals surface area contributed by atoms with Crippen LogP contribution in [0.4, 0.5) is 5.69 Å². The van der Waals surface area contributed by atoms with Crippen LogP contribution in [0.15, 0.2) is 0 Å². The van der Waals surface area contributed by atoms with Crippen LogP contribution in [0.1, 0.15) is 31.7 Å². The monoisotopic (exact) mass is 296 g/mol. The molecule has 0 aliphatic heterocycles. The van der Waals surface area contributed by atoms with Crippen LogP contribution < -0.4 is 11.1 Å². The molecule has 1 atom stereocenters. The number of aromatic amines is 1. The van der Waals surface area contributed by atoms with Crippen LogP contribution in [0, 0.1) is 19.8 Å². The first-order valence-electron chi connectivity index (χ1n) is 5.49. The van der Waals surface area contributed by atoms with Crippen LogP contribution in [-0.2, 0) is 4.79 Å². The zero-order valence-electron chi connectivity index (χ0n) is 11.1. The summed E-state index contributed by atoms with van der Waals surface area (Å²) >= 11 is 0. The van der Waals surface area contributed by atoms with E-state index in [9.17, 15) is 4.79 Å². The fourth-order valence-electron chi connectivity index (χ4n) is 1.57. The SMILES string of the molecule is Cc1n[nH]c(C)c1NC(=O)C(N)CC(C)C.Cl.Cl. The summed E-state index contributed by atoms with van der Waals surface area (Å²) in [5.74, 6) is 0.258. The normalized spacial score (nSPS) is 11.4. The van der Waals surface area contributed by atoms with Gasteiger partial charge in [-0.3, -0.25) is 9.89 Å². The van der Waals surface area contributed by atoms with Gasteiger partial charge in [-0.2, -0.15) is 5.10 Å². The molecule has 0 saturated heterocycles. The van der Waals surface area contributed by atoms with E-state index in [1.165, 1.54) is 0 Å². The van der Waals surface area contributed by atoms with Gasteiger partial charge in [0.1, 0.15) is 0 Å². The first-order valence-corrected chi connectivity index (χ1v) is 5.49. The third-order valence-electron chi connectivity index (χ3n) is 2.44. The first-order chi connectivity index (χ1) is 7.41. The van der Waals surface area contributed by atoms with Gasteiger partial charge in [-0.15, -0.1) is 24.8 Å². The smallest absolute Gasteiger partial charge is 0.241 e. The minimum atomic E-state index is -0.464. The van der Waals surface area contributed by atoms with E-state index >= 15 is 0 Å². The van der Waals surface area contributed by atoms with Gasteiger partial charge < -0.3 is 11.1 Å². The Kier molecular flexibility index (Phi) is 9.07. The molecule has 0 radical (unpaired) electrons. The summed E-state index contributed by atoms with van der Waals surface area (Å²) in [4.78, 5) is 11.8. The molecule has 0 saturated carbocycles. The molecule has 0 spiro atoms. The van der Waals surface area contributed by atoms with E-state index < -0.39 is 6.04 Å². The van der Waals surface area contributed by atoms with Gasteiger partial charge in [-0.1, -0.05) is 13.8 Å². The van der Waals surface area contributed by atoms with E-state index in [4.69, 9.17) is 5.73 Å². The zero-order valence-corrected chi connectivity index (χ0v) is 12.7. The lowest BCUT2D eigenvalue weighted by Gasteiger charge is -2.14. The molecule has 1 heterocycles. The molecule has 7 heteroatoms. The molecule has 1 aromatic rings. The van der Waals surface area contributed by atoms with Crippen molar-refractivity contribution in [2.45, 2.75) is 40.2 Å². The highest BCUT2D eigenvalue weighted by Gasteiger charge is 2.17. The van der Waals surface area contributed by atoms with Crippen molar-refractivity contribution in [2.75, 3.05) is 5.32 Å². The Morgan fingerprint density at radius 1 is 1.39 bits per heavy atom. The molecular formula is C11H22Cl2N4O. The van der Waals surface area contributed by atoms with Crippen LogP contribution in [0.25, 0.3) is 0 Å². The highest BCUT2D eigenvalue weighted by Crippen LogP contribution is 2.16. The molecule has 5 nitrogen and oxygen atoms in total. The Labute approximate surface area is 120 Å². The minimum absolute atomic E-state index is 0. The average molecular weight is 297 g/mol. The number of anilines is 1. The van der Waals surface area contributed by atoms with E-state index in [0.717, 1.165) is 17.1 Å². The molecule has 0 aliphatic rings.